The number of rotatable bonds is 5. The number of aromatic hydroxyl groups is 1. The number of Topliss-reactive ketones (excluding diaryl/α,β-unsaturated/α-hetero) is 1. The summed E-state index contributed by atoms with van der Waals surface area (Å²) in [5, 5.41) is 21.6. The van der Waals surface area contributed by atoms with E-state index < -0.39 is 17.7 Å². The van der Waals surface area contributed by atoms with Crippen molar-refractivity contribution in [3.05, 3.63) is 87.9 Å². The molecule has 3 aromatic rings. The SMILES string of the molecule is COc1ccc(N2C(=O)C(=O)/C(=C(\O)c3ccc(OC)c(C(C)(C)C)c3)C2c2ccc(O)cc2)cc1Cl. The molecule has 8 heteroatoms. The van der Waals surface area contributed by atoms with Gasteiger partial charge < -0.3 is 19.7 Å². The van der Waals surface area contributed by atoms with Crippen molar-refractivity contribution in [3.8, 4) is 17.2 Å². The first kappa shape index (κ1) is 26.1. The number of carbonyl (C=O) groups is 2. The molecule has 3 aromatic carbocycles. The van der Waals surface area contributed by atoms with Crippen LogP contribution in [0.25, 0.3) is 5.76 Å². The monoisotopic (exact) mass is 521 g/mol. The number of aliphatic hydroxyl groups excluding tert-OH is 1. The first-order chi connectivity index (χ1) is 17.5. The number of phenols is 1. The number of halogens is 1. The number of hydrogen-bond acceptors (Lipinski definition) is 6. The summed E-state index contributed by atoms with van der Waals surface area (Å²) in [5.74, 6) is -0.880. The average molecular weight is 522 g/mol. The molecule has 192 valence electrons. The van der Waals surface area contributed by atoms with Gasteiger partial charge in [-0.1, -0.05) is 44.5 Å². The van der Waals surface area contributed by atoms with Crippen LogP contribution in [0.5, 0.6) is 17.2 Å². The molecular weight excluding hydrogens is 494 g/mol. The number of methoxy groups -OCH3 is 2. The number of ether oxygens (including phenoxy) is 2. The van der Waals surface area contributed by atoms with Crippen molar-refractivity contribution in [2.45, 2.75) is 32.2 Å². The second kappa shape index (κ2) is 9.82. The Morgan fingerprint density at radius 1 is 0.919 bits per heavy atom. The fourth-order valence-electron chi connectivity index (χ4n) is 4.47. The van der Waals surface area contributed by atoms with Crippen LogP contribution in [0.15, 0.2) is 66.2 Å². The molecule has 4 rings (SSSR count). The van der Waals surface area contributed by atoms with E-state index in [0.717, 1.165) is 5.56 Å². The minimum atomic E-state index is -0.967. The molecule has 7 nitrogen and oxygen atoms in total. The van der Waals surface area contributed by atoms with Gasteiger partial charge in [0.25, 0.3) is 11.7 Å². The van der Waals surface area contributed by atoms with Crippen LogP contribution in [0.3, 0.4) is 0 Å². The maximum absolute atomic E-state index is 13.4. The van der Waals surface area contributed by atoms with Crippen LogP contribution in [-0.4, -0.2) is 36.1 Å². The van der Waals surface area contributed by atoms with Crippen LogP contribution in [0, 0.1) is 0 Å². The van der Waals surface area contributed by atoms with Gasteiger partial charge >= 0.3 is 0 Å². The number of carbonyl (C=O) groups excluding carboxylic acids is 2. The Balaban J connectivity index is 1.95. The lowest BCUT2D eigenvalue weighted by molar-refractivity contribution is -0.132. The lowest BCUT2D eigenvalue weighted by Crippen LogP contribution is -2.29. The number of anilines is 1. The van der Waals surface area contributed by atoms with Crippen molar-refractivity contribution in [3.63, 3.8) is 0 Å². The van der Waals surface area contributed by atoms with Crippen molar-refractivity contribution in [2.75, 3.05) is 19.1 Å². The zero-order chi connectivity index (χ0) is 27.1. The van der Waals surface area contributed by atoms with Crippen LogP contribution in [0.1, 0.15) is 43.5 Å². The number of hydrogen-bond donors (Lipinski definition) is 2. The van der Waals surface area contributed by atoms with Crippen molar-refractivity contribution in [2.24, 2.45) is 0 Å². The summed E-state index contributed by atoms with van der Waals surface area (Å²) in [6.07, 6.45) is 0. The maximum atomic E-state index is 13.4. The van der Waals surface area contributed by atoms with Gasteiger partial charge in [0.2, 0.25) is 0 Å². The molecule has 1 saturated heterocycles. The molecule has 37 heavy (non-hydrogen) atoms. The third-order valence-electron chi connectivity index (χ3n) is 6.35. The third-order valence-corrected chi connectivity index (χ3v) is 6.64. The van der Waals surface area contributed by atoms with Gasteiger partial charge in [-0.15, -0.1) is 0 Å². The standard InChI is InChI=1S/C29H28ClNO6/c1-29(2,3)20-14-17(8-12-22(20)36-4)26(33)24-25(16-6-10-19(32)11-7-16)31(28(35)27(24)34)18-9-13-23(37-5)21(30)15-18/h6-15,25,32-33H,1-5H3/b26-24-. The Morgan fingerprint density at radius 2 is 1.54 bits per heavy atom. The highest BCUT2D eigenvalue weighted by atomic mass is 35.5. The molecule has 0 aromatic heterocycles. The predicted octanol–water partition coefficient (Wildman–Crippen LogP) is 5.99. The van der Waals surface area contributed by atoms with Crippen LogP contribution in [0.4, 0.5) is 5.69 Å². The number of benzene rings is 3. The lowest BCUT2D eigenvalue weighted by atomic mass is 9.84. The molecule has 0 saturated carbocycles. The molecule has 1 heterocycles. The molecule has 1 amide bonds. The summed E-state index contributed by atoms with van der Waals surface area (Å²) in [7, 11) is 3.05. The molecule has 2 N–H and O–H groups in total. The Kier molecular flexibility index (Phi) is 6.93. The molecule has 0 spiro atoms. The predicted molar refractivity (Wildman–Crippen MR) is 143 cm³/mol. The molecule has 1 fully saturated rings. The van der Waals surface area contributed by atoms with Gasteiger partial charge in [-0.25, -0.2) is 0 Å². The van der Waals surface area contributed by atoms with E-state index >= 15 is 0 Å². The van der Waals surface area contributed by atoms with Gasteiger partial charge in [0, 0.05) is 16.8 Å². The van der Waals surface area contributed by atoms with E-state index in [-0.39, 0.29) is 27.5 Å². The first-order valence-electron chi connectivity index (χ1n) is 11.6. The van der Waals surface area contributed by atoms with E-state index in [2.05, 4.69) is 0 Å². The molecule has 0 radical (unpaired) electrons. The molecule has 1 atom stereocenters. The van der Waals surface area contributed by atoms with Crippen molar-refractivity contribution < 1.29 is 29.3 Å². The molecule has 0 bridgehead atoms. The first-order valence-corrected chi connectivity index (χ1v) is 12.0. The number of amides is 1. The molecule has 1 aliphatic heterocycles. The van der Waals surface area contributed by atoms with E-state index in [9.17, 15) is 19.8 Å². The van der Waals surface area contributed by atoms with Gasteiger partial charge in [-0.2, -0.15) is 0 Å². The number of ketones is 1. The van der Waals surface area contributed by atoms with E-state index in [0.29, 0.717) is 28.3 Å². The Morgan fingerprint density at radius 3 is 2.11 bits per heavy atom. The third kappa shape index (κ3) is 4.74. The lowest BCUT2D eigenvalue weighted by Gasteiger charge is -2.26. The molecule has 0 aliphatic carbocycles. The van der Waals surface area contributed by atoms with Crippen LogP contribution in [-0.2, 0) is 15.0 Å². The van der Waals surface area contributed by atoms with Crippen molar-refractivity contribution >= 4 is 34.7 Å². The van der Waals surface area contributed by atoms with E-state index in [1.54, 1.807) is 49.6 Å². The largest absolute Gasteiger partial charge is 0.508 e. The summed E-state index contributed by atoms with van der Waals surface area (Å²) in [6.45, 7) is 6.03. The number of nitrogens with zero attached hydrogens (tertiary/aromatic N) is 1. The van der Waals surface area contributed by atoms with Gasteiger partial charge in [-0.3, -0.25) is 14.5 Å². The zero-order valence-electron chi connectivity index (χ0n) is 21.2. The second-order valence-corrected chi connectivity index (χ2v) is 10.2. The van der Waals surface area contributed by atoms with E-state index in [4.69, 9.17) is 21.1 Å². The summed E-state index contributed by atoms with van der Waals surface area (Å²) in [4.78, 5) is 28.1. The average Bonchev–Trinajstić information content (AvgIpc) is 3.13. The van der Waals surface area contributed by atoms with Gasteiger partial charge in [-0.05, 0) is 59.5 Å². The molecule has 1 aliphatic rings. The van der Waals surface area contributed by atoms with Crippen LogP contribution < -0.4 is 14.4 Å². The highest BCUT2D eigenvalue weighted by Crippen LogP contribution is 2.44. The minimum Gasteiger partial charge on any atom is -0.508 e. The Labute approximate surface area is 220 Å². The maximum Gasteiger partial charge on any atom is 0.300 e. The normalized spacial score (nSPS) is 17.2. The topological polar surface area (TPSA) is 96.3 Å². The molecule has 1 unspecified atom stereocenters. The van der Waals surface area contributed by atoms with Crippen molar-refractivity contribution in [1.82, 2.24) is 0 Å². The summed E-state index contributed by atoms with van der Waals surface area (Å²) < 4.78 is 10.7. The van der Waals surface area contributed by atoms with Gasteiger partial charge in [0.05, 0.1) is 30.9 Å². The van der Waals surface area contributed by atoms with Gasteiger partial charge in [0.15, 0.2) is 0 Å². The number of aliphatic hydroxyl groups is 1. The smallest absolute Gasteiger partial charge is 0.300 e. The highest BCUT2D eigenvalue weighted by Gasteiger charge is 2.47. The van der Waals surface area contributed by atoms with Crippen LogP contribution in [0.2, 0.25) is 5.02 Å². The fourth-order valence-corrected chi connectivity index (χ4v) is 4.72. The van der Waals surface area contributed by atoms with Gasteiger partial charge in [0.1, 0.15) is 23.0 Å². The summed E-state index contributed by atoms with van der Waals surface area (Å²) in [6, 6.07) is 15.0. The molecular formula is C29H28ClNO6. The Hall–Kier alpha value is -3.97. The van der Waals surface area contributed by atoms with E-state index in [1.165, 1.54) is 30.2 Å². The Bertz CT molecular complexity index is 1400. The highest BCUT2D eigenvalue weighted by molar-refractivity contribution is 6.51. The second-order valence-electron chi connectivity index (χ2n) is 9.74. The quantitative estimate of drug-likeness (QED) is 0.243. The minimum absolute atomic E-state index is 0.0261. The van der Waals surface area contributed by atoms with E-state index in [1.807, 2.05) is 20.8 Å². The number of phenolic OH excluding ortho intramolecular Hbond substituents is 1. The summed E-state index contributed by atoms with van der Waals surface area (Å²) in [5.41, 5.74) is 1.69. The van der Waals surface area contributed by atoms with Crippen molar-refractivity contribution in [1.29, 1.82) is 0 Å². The fraction of sp³-hybridized carbons (Fsp3) is 0.241. The zero-order valence-corrected chi connectivity index (χ0v) is 22.0. The summed E-state index contributed by atoms with van der Waals surface area (Å²) >= 11 is 6.34. The van der Waals surface area contributed by atoms with Crippen LogP contribution >= 0.6 is 11.6 Å².